The lowest BCUT2D eigenvalue weighted by atomic mass is 10.1. The van der Waals surface area contributed by atoms with E-state index in [1.807, 2.05) is 67.3 Å². The molecule has 1 aliphatic rings. The molecule has 2 aromatic heterocycles. The highest BCUT2D eigenvalue weighted by molar-refractivity contribution is 6.30. The number of aromatic nitrogens is 4. The number of benzene rings is 2. The Kier molecular flexibility index (Phi) is 6.17. The van der Waals surface area contributed by atoms with Crippen molar-refractivity contribution in [3.63, 3.8) is 0 Å². The first-order valence-electron chi connectivity index (χ1n) is 11.2. The third-order valence-corrected chi connectivity index (χ3v) is 6.40. The van der Waals surface area contributed by atoms with Crippen molar-refractivity contribution in [3.8, 4) is 17.1 Å². The van der Waals surface area contributed by atoms with Gasteiger partial charge in [0.05, 0.1) is 29.7 Å². The van der Waals surface area contributed by atoms with E-state index in [1.165, 1.54) is 0 Å². The average molecular weight is 477 g/mol. The molecule has 0 saturated carbocycles. The molecule has 0 N–H and O–H groups in total. The largest absolute Gasteiger partial charge is 0.338 e. The lowest BCUT2D eigenvalue weighted by Crippen LogP contribution is -2.48. The van der Waals surface area contributed by atoms with Gasteiger partial charge in [-0.05, 0) is 37.6 Å². The maximum absolute atomic E-state index is 13.2. The first kappa shape index (κ1) is 22.3. The smallest absolute Gasteiger partial charge is 0.257 e. The molecule has 1 amide bonds. The maximum Gasteiger partial charge on any atom is 0.257 e. The molecule has 0 aliphatic carbocycles. The standard InChI is InChI=1S/C25H25ClN6O2/c1-17-6-3-4-9-21(17)24-28-23(34-29-24)16-30-10-12-31(13-11-30)25(33)22-15-27-32(18(22)2)20-8-5-7-19(26)14-20/h3-9,14-15H,10-13,16H2,1-2H3. The van der Waals surface area contributed by atoms with Gasteiger partial charge >= 0.3 is 0 Å². The Morgan fingerprint density at radius 1 is 1.06 bits per heavy atom. The molecule has 2 aromatic carbocycles. The Morgan fingerprint density at radius 3 is 2.62 bits per heavy atom. The Balaban J connectivity index is 1.21. The summed E-state index contributed by atoms with van der Waals surface area (Å²) < 4.78 is 7.23. The summed E-state index contributed by atoms with van der Waals surface area (Å²) >= 11 is 6.11. The van der Waals surface area contributed by atoms with Crippen LogP contribution in [0.25, 0.3) is 17.1 Å². The fourth-order valence-corrected chi connectivity index (χ4v) is 4.40. The molecular formula is C25H25ClN6O2. The fraction of sp³-hybridized carbons (Fsp3) is 0.280. The molecule has 174 valence electrons. The molecule has 3 heterocycles. The molecular weight excluding hydrogens is 452 g/mol. The van der Waals surface area contributed by atoms with E-state index in [0.29, 0.717) is 41.9 Å². The predicted octanol–water partition coefficient (Wildman–Crippen LogP) is 4.15. The van der Waals surface area contributed by atoms with Crippen LogP contribution < -0.4 is 0 Å². The minimum absolute atomic E-state index is 0.00921. The van der Waals surface area contributed by atoms with E-state index in [9.17, 15) is 4.79 Å². The molecule has 1 aliphatic heterocycles. The van der Waals surface area contributed by atoms with Crippen LogP contribution in [0.15, 0.2) is 59.3 Å². The number of halogens is 1. The van der Waals surface area contributed by atoms with E-state index >= 15 is 0 Å². The Hall–Kier alpha value is -3.49. The van der Waals surface area contributed by atoms with Crippen molar-refractivity contribution in [1.29, 1.82) is 0 Å². The summed E-state index contributed by atoms with van der Waals surface area (Å²) in [7, 11) is 0. The first-order valence-corrected chi connectivity index (χ1v) is 11.6. The van der Waals surface area contributed by atoms with Gasteiger partial charge in [0.2, 0.25) is 11.7 Å². The summed E-state index contributed by atoms with van der Waals surface area (Å²) in [5, 5.41) is 9.19. The lowest BCUT2D eigenvalue weighted by Gasteiger charge is -2.33. The van der Waals surface area contributed by atoms with Crippen molar-refractivity contribution < 1.29 is 9.32 Å². The van der Waals surface area contributed by atoms with Crippen LogP contribution in [0.4, 0.5) is 0 Å². The third kappa shape index (κ3) is 4.47. The van der Waals surface area contributed by atoms with E-state index in [1.54, 1.807) is 10.9 Å². The number of nitrogens with zero attached hydrogens (tertiary/aromatic N) is 6. The molecule has 9 heteroatoms. The van der Waals surface area contributed by atoms with Crippen LogP contribution in [0.1, 0.15) is 27.5 Å². The van der Waals surface area contributed by atoms with Crippen molar-refractivity contribution in [2.75, 3.05) is 26.2 Å². The molecule has 0 radical (unpaired) electrons. The van der Waals surface area contributed by atoms with Crippen molar-refractivity contribution in [2.24, 2.45) is 0 Å². The van der Waals surface area contributed by atoms with Gasteiger partial charge in [0.1, 0.15) is 0 Å². The number of carbonyl (C=O) groups is 1. The molecule has 5 rings (SSSR count). The number of rotatable bonds is 5. The molecule has 1 fully saturated rings. The summed E-state index contributed by atoms with van der Waals surface area (Å²) in [4.78, 5) is 21.8. The minimum atomic E-state index is -0.00921. The van der Waals surface area contributed by atoms with Crippen LogP contribution in [0.5, 0.6) is 0 Å². The summed E-state index contributed by atoms with van der Waals surface area (Å²) in [6.07, 6.45) is 1.64. The molecule has 0 atom stereocenters. The van der Waals surface area contributed by atoms with Gasteiger partial charge in [0, 0.05) is 36.8 Å². The van der Waals surface area contributed by atoms with Crippen molar-refractivity contribution in [2.45, 2.75) is 20.4 Å². The third-order valence-electron chi connectivity index (χ3n) is 6.17. The number of aryl methyl sites for hydroxylation is 1. The average Bonchev–Trinajstić information content (AvgIpc) is 3.46. The molecule has 8 nitrogen and oxygen atoms in total. The highest BCUT2D eigenvalue weighted by Gasteiger charge is 2.26. The molecule has 0 spiro atoms. The second-order valence-electron chi connectivity index (χ2n) is 8.43. The highest BCUT2D eigenvalue weighted by Crippen LogP contribution is 2.22. The van der Waals surface area contributed by atoms with E-state index in [-0.39, 0.29) is 5.91 Å². The highest BCUT2D eigenvalue weighted by atomic mass is 35.5. The van der Waals surface area contributed by atoms with Crippen LogP contribution in [0, 0.1) is 13.8 Å². The van der Waals surface area contributed by atoms with Crippen molar-refractivity contribution >= 4 is 17.5 Å². The lowest BCUT2D eigenvalue weighted by molar-refractivity contribution is 0.0614. The van der Waals surface area contributed by atoms with Gasteiger partial charge in [0.25, 0.3) is 5.91 Å². The zero-order valence-corrected chi connectivity index (χ0v) is 19.9. The van der Waals surface area contributed by atoms with E-state index < -0.39 is 0 Å². The van der Waals surface area contributed by atoms with Gasteiger partial charge < -0.3 is 9.42 Å². The zero-order chi connectivity index (χ0) is 23.7. The number of hydrogen-bond donors (Lipinski definition) is 0. The molecule has 4 aromatic rings. The van der Waals surface area contributed by atoms with E-state index in [4.69, 9.17) is 16.1 Å². The second kappa shape index (κ2) is 9.40. The van der Waals surface area contributed by atoms with Gasteiger partial charge in [0.15, 0.2) is 0 Å². The van der Waals surface area contributed by atoms with Crippen LogP contribution in [-0.4, -0.2) is 61.8 Å². The van der Waals surface area contributed by atoms with Crippen LogP contribution in [-0.2, 0) is 6.54 Å². The van der Waals surface area contributed by atoms with Crippen LogP contribution in [0.3, 0.4) is 0 Å². The summed E-state index contributed by atoms with van der Waals surface area (Å²) in [6, 6.07) is 15.4. The van der Waals surface area contributed by atoms with E-state index in [2.05, 4.69) is 20.1 Å². The van der Waals surface area contributed by atoms with Gasteiger partial charge in [-0.2, -0.15) is 10.1 Å². The Labute approximate surface area is 202 Å². The molecule has 1 saturated heterocycles. The topological polar surface area (TPSA) is 80.3 Å². The zero-order valence-electron chi connectivity index (χ0n) is 19.1. The molecule has 0 bridgehead atoms. The quantitative estimate of drug-likeness (QED) is 0.430. The van der Waals surface area contributed by atoms with E-state index in [0.717, 1.165) is 35.6 Å². The van der Waals surface area contributed by atoms with Gasteiger partial charge in [-0.1, -0.05) is 47.1 Å². The second-order valence-corrected chi connectivity index (χ2v) is 8.87. The number of piperazine rings is 1. The normalized spacial score (nSPS) is 14.5. The molecule has 0 unspecified atom stereocenters. The maximum atomic E-state index is 13.2. The number of carbonyl (C=O) groups excluding carboxylic acids is 1. The SMILES string of the molecule is Cc1ccccc1-c1noc(CN2CCN(C(=O)c3cnn(-c4cccc(Cl)c4)c3C)CC2)n1. The van der Waals surface area contributed by atoms with Gasteiger partial charge in [-0.25, -0.2) is 4.68 Å². The predicted molar refractivity (Wildman–Crippen MR) is 129 cm³/mol. The van der Waals surface area contributed by atoms with Crippen molar-refractivity contribution in [1.82, 2.24) is 29.7 Å². The Morgan fingerprint density at radius 2 is 1.85 bits per heavy atom. The fourth-order valence-electron chi connectivity index (χ4n) is 4.21. The monoisotopic (exact) mass is 476 g/mol. The van der Waals surface area contributed by atoms with Gasteiger partial charge in [-0.3, -0.25) is 9.69 Å². The van der Waals surface area contributed by atoms with Crippen molar-refractivity contribution in [3.05, 3.63) is 82.5 Å². The first-order chi connectivity index (χ1) is 16.5. The number of amides is 1. The number of hydrogen-bond acceptors (Lipinski definition) is 6. The summed E-state index contributed by atoms with van der Waals surface area (Å²) in [6.45, 7) is 7.21. The Bertz CT molecular complexity index is 1320. The van der Waals surface area contributed by atoms with Crippen LogP contribution in [0.2, 0.25) is 5.02 Å². The van der Waals surface area contributed by atoms with Crippen LogP contribution >= 0.6 is 11.6 Å². The molecule has 34 heavy (non-hydrogen) atoms. The van der Waals surface area contributed by atoms with Gasteiger partial charge in [-0.15, -0.1) is 0 Å². The summed E-state index contributed by atoms with van der Waals surface area (Å²) in [5.41, 5.74) is 4.31. The summed E-state index contributed by atoms with van der Waals surface area (Å²) in [5.74, 6) is 1.18. The minimum Gasteiger partial charge on any atom is -0.338 e.